The first kappa shape index (κ1) is 8.57. The third-order valence-electron chi connectivity index (χ3n) is 2.34. The van der Waals surface area contributed by atoms with Crippen LogP contribution in [0, 0.1) is 0 Å². The van der Waals surface area contributed by atoms with Crippen LogP contribution in [0.5, 0.6) is 0 Å². The van der Waals surface area contributed by atoms with E-state index in [1.165, 1.54) is 0 Å². The molecule has 0 spiro atoms. The minimum atomic E-state index is 0.341. The molecule has 0 fully saturated rings. The molecule has 0 saturated carbocycles. The van der Waals surface area contributed by atoms with Crippen molar-refractivity contribution in [2.24, 2.45) is 5.10 Å². The van der Waals surface area contributed by atoms with Gasteiger partial charge in [0.05, 0.1) is 0 Å². The number of halogens is 1. The molecule has 1 aromatic rings. The van der Waals surface area contributed by atoms with Crippen molar-refractivity contribution in [3.05, 3.63) is 34.9 Å². The van der Waals surface area contributed by atoms with Crippen molar-refractivity contribution < 1.29 is 0 Å². The summed E-state index contributed by atoms with van der Waals surface area (Å²) in [6.07, 6.45) is 0. The Morgan fingerprint density at radius 1 is 1.46 bits per heavy atom. The van der Waals surface area contributed by atoms with Gasteiger partial charge in [0.15, 0.2) is 0 Å². The van der Waals surface area contributed by atoms with E-state index in [-0.39, 0.29) is 0 Å². The monoisotopic (exact) mass is 194 g/mol. The molecule has 0 radical (unpaired) electrons. The second-order valence-corrected chi connectivity index (χ2v) is 3.60. The van der Waals surface area contributed by atoms with Crippen molar-refractivity contribution in [2.45, 2.75) is 12.8 Å². The number of nitrogens with zero attached hydrogens (tertiary/aromatic N) is 1. The van der Waals surface area contributed by atoms with Crippen LogP contribution in [-0.2, 0) is 0 Å². The van der Waals surface area contributed by atoms with E-state index in [0.29, 0.717) is 5.92 Å². The summed E-state index contributed by atoms with van der Waals surface area (Å²) in [6.45, 7) is 2.88. The highest BCUT2D eigenvalue weighted by Gasteiger charge is 2.20. The van der Waals surface area contributed by atoms with Crippen molar-refractivity contribution >= 4 is 17.3 Å². The quantitative estimate of drug-likeness (QED) is 0.730. The van der Waals surface area contributed by atoms with Gasteiger partial charge in [0.25, 0.3) is 0 Å². The smallest absolute Gasteiger partial charge is 0.0452 e. The molecule has 1 atom stereocenters. The predicted molar refractivity (Wildman–Crippen MR) is 55.3 cm³/mol. The number of rotatable bonds is 1. The van der Waals surface area contributed by atoms with E-state index >= 15 is 0 Å². The fourth-order valence-electron chi connectivity index (χ4n) is 1.58. The Morgan fingerprint density at radius 3 is 2.85 bits per heavy atom. The van der Waals surface area contributed by atoms with E-state index in [9.17, 15) is 0 Å². The number of hydrogen-bond donors (Lipinski definition) is 1. The summed E-state index contributed by atoms with van der Waals surface area (Å²) >= 11 is 6.09. The zero-order chi connectivity index (χ0) is 9.26. The molecule has 2 rings (SSSR count). The fourth-order valence-corrected chi connectivity index (χ4v) is 1.85. The van der Waals surface area contributed by atoms with Gasteiger partial charge in [-0.3, -0.25) is 0 Å². The highest BCUT2D eigenvalue weighted by molar-refractivity contribution is 6.31. The lowest BCUT2D eigenvalue weighted by Gasteiger charge is -2.10. The first-order valence-corrected chi connectivity index (χ1v) is 4.68. The first-order chi connectivity index (χ1) is 6.29. The molecule has 0 aromatic heterocycles. The summed E-state index contributed by atoms with van der Waals surface area (Å²) in [5.41, 5.74) is 5.24. The minimum Gasteiger partial charge on any atom is -0.309 e. The van der Waals surface area contributed by atoms with E-state index in [1.807, 2.05) is 25.1 Å². The van der Waals surface area contributed by atoms with Crippen molar-refractivity contribution in [2.75, 3.05) is 6.54 Å². The average Bonchev–Trinajstić information content (AvgIpc) is 2.52. The predicted octanol–water partition coefficient (Wildman–Crippen LogP) is 2.40. The van der Waals surface area contributed by atoms with E-state index < -0.39 is 0 Å². The molecule has 2 nitrogen and oxygen atoms in total. The van der Waals surface area contributed by atoms with Crippen LogP contribution in [0.1, 0.15) is 18.4 Å². The highest BCUT2D eigenvalue weighted by Crippen LogP contribution is 2.26. The van der Waals surface area contributed by atoms with Crippen molar-refractivity contribution in [1.29, 1.82) is 0 Å². The maximum Gasteiger partial charge on any atom is 0.0452 e. The largest absolute Gasteiger partial charge is 0.309 e. The van der Waals surface area contributed by atoms with Gasteiger partial charge in [0, 0.05) is 23.2 Å². The summed E-state index contributed by atoms with van der Waals surface area (Å²) < 4.78 is 0. The van der Waals surface area contributed by atoms with E-state index in [0.717, 1.165) is 22.8 Å². The standard InChI is InChI=1S/C10H11ClN2/c1-7-9(6-12-13-7)8-4-2-3-5-10(8)11/h2-5,9,12H,6H2,1H3. The Kier molecular flexibility index (Phi) is 2.23. The van der Waals surface area contributed by atoms with E-state index in [2.05, 4.69) is 16.6 Å². The summed E-state index contributed by atoms with van der Waals surface area (Å²) in [6, 6.07) is 7.93. The van der Waals surface area contributed by atoms with Crippen LogP contribution < -0.4 is 5.43 Å². The first-order valence-electron chi connectivity index (χ1n) is 4.30. The molecule has 1 heterocycles. The number of benzene rings is 1. The average molecular weight is 195 g/mol. The topological polar surface area (TPSA) is 24.4 Å². The highest BCUT2D eigenvalue weighted by atomic mass is 35.5. The molecule has 68 valence electrons. The van der Waals surface area contributed by atoms with Crippen LogP contribution in [0.25, 0.3) is 0 Å². The normalized spacial score (nSPS) is 21.1. The van der Waals surface area contributed by atoms with Gasteiger partial charge in [-0.15, -0.1) is 0 Å². The zero-order valence-corrected chi connectivity index (χ0v) is 8.17. The number of hydrazone groups is 1. The Bertz CT molecular complexity index is 347. The lowest BCUT2D eigenvalue weighted by Crippen LogP contribution is -2.11. The van der Waals surface area contributed by atoms with Gasteiger partial charge in [-0.05, 0) is 18.6 Å². The Morgan fingerprint density at radius 2 is 2.23 bits per heavy atom. The molecule has 13 heavy (non-hydrogen) atoms. The minimum absolute atomic E-state index is 0.341. The van der Waals surface area contributed by atoms with Crippen LogP contribution >= 0.6 is 11.6 Å². The molecule has 1 unspecified atom stereocenters. The van der Waals surface area contributed by atoms with Gasteiger partial charge in [0.2, 0.25) is 0 Å². The van der Waals surface area contributed by atoms with Crippen LogP contribution in [0.2, 0.25) is 5.02 Å². The van der Waals surface area contributed by atoms with Crippen LogP contribution in [0.4, 0.5) is 0 Å². The molecule has 3 heteroatoms. The van der Waals surface area contributed by atoms with Gasteiger partial charge in [0.1, 0.15) is 0 Å². The van der Waals surface area contributed by atoms with Gasteiger partial charge in [-0.2, -0.15) is 5.10 Å². The maximum atomic E-state index is 6.09. The molecule has 0 aliphatic carbocycles. The van der Waals surface area contributed by atoms with Crippen molar-refractivity contribution in [3.8, 4) is 0 Å². The second-order valence-electron chi connectivity index (χ2n) is 3.19. The zero-order valence-electron chi connectivity index (χ0n) is 7.42. The van der Waals surface area contributed by atoms with Crippen LogP contribution in [-0.4, -0.2) is 12.3 Å². The van der Waals surface area contributed by atoms with Crippen molar-refractivity contribution in [1.82, 2.24) is 5.43 Å². The Hall–Kier alpha value is -1.02. The second kappa shape index (κ2) is 3.38. The molecular formula is C10H11ClN2. The number of hydrogen-bond acceptors (Lipinski definition) is 2. The summed E-state index contributed by atoms with van der Waals surface area (Å²) in [7, 11) is 0. The third-order valence-corrected chi connectivity index (χ3v) is 2.68. The molecule has 0 bridgehead atoms. The molecule has 0 saturated heterocycles. The summed E-state index contributed by atoms with van der Waals surface area (Å²) in [4.78, 5) is 0. The molecule has 1 aromatic carbocycles. The maximum absolute atomic E-state index is 6.09. The third kappa shape index (κ3) is 1.54. The van der Waals surface area contributed by atoms with Gasteiger partial charge in [-0.25, -0.2) is 0 Å². The van der Waals surface area contributed by atoms with Gasteiger partial charge >= 0.3 is 0 Å². The lowest BCUT2D eigenvalue weighted by atomic mass is 9.96. The SMILES string of the molecule is CC1=NNCC1c1ccccc1Cl. The Balaban J connectivity index is 2.36. The van der Waals surface area contributed by atoms with Gasteiger partial charge < -0.3 is 5.43 Å². The molecule has 0 amide bonds. The van der Waals surface area contributed by atoms with Crippen LogP contribution in [0.3, 0.4) is 0 Å². The molecular weight excluding hydrogens is 184 g/mol. The fraction of sp³-hybridized carbons (Fsp3) is 0.300. The number of nitrogens with one attached hydrogen (secondary N) is 1. The van der Waals surface area contributed by atoms with Gasteiger partial charge in [-0.1, -0.05) is 29.8 Å². The summed E-state index contributed by atoms with van der Waals surface area (Å²) in [5.74, 6) is 0.341. The molecule has 1 aliphatic rings. The van der Waals surface area contributed by atoms with Crippen LogP contribution in [0.15, 0.2) is 29.4 Å². The molecule has 1 N–H and O–H groups in total. The lowest BCUT2D eigenvalue weighted by molar-refractivity contribution is 0.763. The summed E-state index contributed by atoms with van der Waals surface area (Å²) in [5, 5.41) is 4.97. The Labute approximate surface area is 82.6 Å². The van der Waals surface area contributed by atoms with Crippen molar-refractivity contribution in [3.63, 3.8) is 0 Å². The van der Waals surface area contributed by atoms with E-state index in [1.54, 1.807) is 0 Å². The van der Waals surface area contributed by atoms with E-state index in [4.69, 9.17) is 11.6 Å². The molecule has 1 aliphatic heterocycles.